The van der Waals surface area contributed by atoms with Gasteiger partial charge >= 0.3 is 6.09 Å². The van der Waals surface area contributed by atoms with Crippen molar-refractivity contribution in [1.29, 1.82) is 0 Å². The summed E-state index contributed by atoms with van der Waals surface area (Å²) in [4.78, 5) is 18.1. The summed E-state index contributed by atoms with van der Waals surface area (Å²) in [6.45, 7) is 7.36. The van der Waals surface area contributed by atoms with Gasteiger partial charge in [-0.1, -0.05) is 18.2 Å². The summed E-state index contributed by atoms with van der Waals surface area (Å²) in [5, 5.41) is 3.70. The molecule has 152 valence electrons. The van der Waals surface area contributed by atoms with Gasteiger partial charge in [0, 0.05) is 27.5 Å². The Hall–Kier alpha value is -2.60. The van der Waals surface area contributed by atoms with Gasteiger partial charge in [-0.15, -0.1) is 11.8 Å². The molecule has 0 spiro atoms. The van der Waals surface area contributed by atoms with Crippen molar-refractivity contribution in [2.75, 3.05) is 6.26 Å². The van der Waals surface area contributed by atoms with Gasteiger partial charge in [0.15, 0.2) is 0 Å². The first-order chi connectivity index (χ1) is 13.7. The van der Waals surface area contributed by atoms with E-state index in [2.05, 4.69) is 5.32 Å². The van der Waals surface area contributed by atoms with Crippen LogP contribution in [0, 0.1) is 5.82 Å². The Morgan fingerprint density at radius 2 is 1.90 bits per heavy atom. The highest BCUT2D eigenvalue weighted by atomic mass is 32.2. The van der Waals surface area contributed by atoms with Gasteiger partial charge < -0.3 is 10.1 Å². The zero-order valence-electron chi connectivity index (χ0n) is 17.2. The lowest BCUT2D eigenvalue weighted by molar-refractivity contribution is 0.0508. The van der Waals surface area contributed by atoms with Crippen LogP contribution in [0.1, 0.15) is 39.3 Å². The van der Waals surface area contributed by atoms with Crippen LogP contribution in [0.25, 0.3) is 22.2 Å². The van der Waals surface area contributed by atoms with E-state index in [4.69, 9.17) is 9.72 Å². The number of pyridine rings is 1. The van der Waals surface area contributed by atoms with E-state index >= 15 is 0 Å². The zero-order valence-corrected chi connectivity index (χ0v) is 18.1. The number of aromatic nitrogens is 1. The predicted molar refractivity (Wildman–Crippen MR) is 117 cm³/mol. The Morgan fingerprint density at radius 3 is 2.59 bits per heavy atom. The quantitative estimate of drug-likeness (QED) is 0.507. The maximum Gasteiger partial charge on any atom is 0.408 e. The van der Waals surface area contributed by atoms with E-state index in [-0.39, 0.29) is 11.9 Å². The molecule has 1 N–H and O–H groups in total. The molecule has 29 heavy (non-hydrogen) atoms. The fourth-order valence-electron chi connectivity index (χ4n) is 3.10. The third-order valence-electron chi connectivity index (χ3n) is 4.37. The molecule has 6 heteroatoms. The molecule has 3 rings (SSSR count). The number of fused-ring (bicyclic) bond motifs is 1. The number of halogens is 1. The van der Waals surface area contributed by atoms with Crippen LogP contribution in [0.5, 0.6) is 0 Å². The van der Waals surface area contributed by atoms with E-state index in [1.54, 1.807) is 17.8 Å². The zero-order chi connectivity index (χ0) is 21.2. The maximum atomic E-state index is 13.8. The second kappa shape index (κ2) is 8.41. The number of nitrogens with zero attached hydrogens (tertiary/aromatic N) is 1. The van der Waals surface area contributed by atoms with E-state index < -0.39 is 11.7 Å². The number of ether oxygens (including phenoxy) is 1. The molecular formula is C23H25FN2O2S. The highest BCUT2D eigenvalue weighted by Gasteiger charge is 2.22. The summed E-state index contributed by atoms with van der Waals surface area (Å²) < 4.78 is 19.2. The molecule has 0 aliphatic heterocycles. The SMILES string of the molecule is CSc1ccccc1-c1nc2cc(F)ccc2cc1C(C)NC(=O)OC(C)(C)C. The van der Waals surface area contributed by atoms with Crippen molar-refractivity contribution < 1.29 is 13.9 Å². The van der Waals surface area contributed by atoms with Crippen molar-refractivity contribution >= 4 is 28.8 Å². The highest BCUT2D eigenvalue weighted by molar-refractivity contribution is 7.98. The van der Waals surface area contributed by atoms with Crippen LogP contribution in [-0.4, -0.2) is 22.9 Å². The summed E-state index contributed by atoms with van der Waals surface area (Å²) in [6.07, 6.45) is 1.51. The number of benzene rings is 2. The van der Waals surface area contributed by atoms with Crippen LogP contribution >= 0.6 is 11.8 Å². The molecular weight excluding hydrogens is 387 g/mol. The molecule has 0 aliphatic rings. The van der Waals surface area contributed by atoms with Gasteiger partial charge in [0.2, 0.25) is 0 Å². The second-order valence-corrected chi connectivity index (χ2v) is 8.68. The molecule has 1 amide bonds. The van der Waals surface area contributed by atoms with Crippen LogP contribution in [-0.2, 0) is 4.74 Å². The third kappa shape index (κ3) is 5.07. The fourth-order valence-corrected chi connectivity index (χ4v) is 3.70. The molecule has 0 bridgehead atoms. The lowest BCUT2D eigenvalue weighted by Gasteiger charge is -2.23. The number of carbonyl (C=O) groups is 1. The molecule has 1 heterocycles. The van der Waals surface area contributed by atoms with Gasteiger partial charge in [-0.3, -0.25) is 0 Å². The summed E-state index contributed by atoms with van der Waals surface area (Å²) in [5.41, 5.74) is 2.49. The Balaban J connectivity index is 2.11. The molecule has 0 fully saturated rings. The van der Waals surface area contributed by atoms with E-state index in [1.807, 2.05) is 64.3 Å². The minimum absolute atomic E-state index is 0.332. The summed E-state index contributed by atoms with van der Waals surface area (Å²) in [7, 11) is 0. The molecule has 0 radical (unpaired) electrons. The van der Waals surface area contributed by atoms with Crippen LogP contribution in [0.3, 0.4) is 0 Å². The Morgan fingerprint density at radius 1 is 1.17 bits per heavy atom. The summed E-state index contributed by atoms with van der Waals surface area (Å²) in [5.74, 6) is -0.332. The Labute approximate surface area is 174 Å². The molecule has 0 aliphatic carbocycles. The Bertz CT molecular complexity index is 1050. The molecule has 4 nitrogen and oxygen atoms in total. The molecule has 0 saturated heterocycles. The molecule has 0 saturated carbocycles. The number of carbonyl (C=O) groups excluding carboxylic acids is 1. The first-order valence-corrected chi connectivity index (χ1v) is 10.6. The van der Waals surface area contributed by atoms with Crippen LogP contribution in [0.15, 0.2) is 53.4 Å². The van der Waals surface area contributed by atoms with Gasteiger partial charge in [0.05, 0.1) is 17.3 Å². The predicted octanol–water partition coefficient (Wildman–Crippen LogP) is 6.35. The smallest absolute Gasteiger partial charge is 0.408 e. The topological polar surface area (TPSA) is 51.2 Å². The van der Waals surface area contributed by atoms with E-state index in [9.17, 15) is 9.18 Å². The fraction of sp³-hybridized carbons (Fsp3) is 0.304. The van der Waals surface area contributed by atoms with Crippen molar-refractivity contribution in [2.24, 2.45) is 0 Å². The van der Waals surface area contributed by atoms with Gasteiger partial charge in [-0.25, -0.2) is 14.2 Å². The second-order valence-electron chi connectivity index (χ2n) is 7.83. The van der Waals surface area contributed by atoms with E-state index in [1.165, 1.54) is 12.1 Å². The first kappa shape index (κ1) is 21.1. The minimum Gasteiger partial charge on any atom is -0.444 e. The maximum absolute atomic E-state index is 13.8. The number of rotatable bonds is 4. The first-order valence-electron chi connectivity index (χ1n) is 9.41. The number of hydrogen-bond donors (Lipinski definition) is 1. The van der Waals surface area contributed by atoms with Crippen LogP contribution < -0.4 is 5.32 Å². The van der Waals surface area contributed by atoms with Crippen LogP contribution in [0.4, 0.5) is 9.18 Å². The van der Waals surface area contributed by atoms with E-state index in [0.29, 0.717) is 5.52 Å². The number of amides is 1. The van der Waals surface area contributed by atoms with Crippen molar-refractivity contribution in [1.82, 2.24) is 10.3 Å². The lowest BCUT2D eigenvalue weighted by atomic mass is 9.98. The van der Waals surface area contributed by atoms with Crippen molar-refractivity contribution in [3.8, 4) is 11.3 Å². The largest absolute Gasteiger partial charge is 0.444 e. The minimum atomic E-state index is -0.586. The molecule has 1 atom stereocenters. The van der Waals surface area contributed by atoms with Crippen molar-refractivity contribution in [2.45, 2.75) is 44.2 Å². The number of hydrogen-bond acceptors (Lipinski definition) is 4. The van der Waals surface area contributed by atoms with Crippen molar-refractivity contribution in [3.63, 3.8) is 0 Å². The summed E-state index contributed by atoms with van der Waals surface area (Å²) >= 11 is 1.61. The van der Waals surface area contributed by atoms with Crippen molar-refractivity contribution in [3.05, 3.63) is 59.9 Å². The van der Waals surface area contributed by atoms with Crippen LogP contribution in [0.2, 0.25) is 0 Å². The monoisotopic (exact) mass is 412 g/mol. The van der Waals surface area contributed by atoms with Gasteiger partial charge in [0.1, 0.15) is 11.4 Å². The average Bonchev–Trinajstić information content (AvgIpc) is 2.65. The van der Waals surface area contributed by atoms with Gasteiger partial charge in [-0.2, -0.15) is 0 Å². The standard InChI is InChI=1S/C23H25FN2O2S/c1-14(25-22(27)28-23(2,3)4)18-12-15-10-11-16(24)13-19(15)26-21(18)17-8-6-7-9-20(17)29-5/h6-14H,1-5H3,(H,25,27). The average molecular weight is 413 g/mol. The molecule has 3 aromatic rings. The van der Waals surface area contributed by atoms with Gasteiger partial charge in [-0.05, 0) is 58.2 Å². The van der Waals surface area contributed by atoms with E-state index in [0.717, 1.165) is 27.1 Å². The number of nitrogens with one attached hydrogen (secondary N) is 1. The Kier molecular flexibility index (Phi) is 6.13. The molecule has 1 aromatic heterocycles. The number of alkyl carbamates (subject to hydrolysis) is 1. The molecule has 2 aromatic carbocycles. The number of thioether (sulfide) groups is 1. The lowest BCUT2D eigenvalue weighted by Crippen LogP contribution is -2.34. The van der Waals surface area contributed by atoms with Gasteiger partial charge in [0.25, 0.3) is 0 Å². The normalized spacial score (nSPS) is 12.6. The molecule has 1 unspecified atom stereocenters. The summed E-state index contributed by atoms with van der Waals surface area (Å²) in [6, 6.07) is 14.1. The third-order valence-corrected chi connectivity index (χ3v) is 5.17. The highest BCUT2D eigenvalue weighted by Crippen LogP contribution is 2.35.